The molecule has 1 heterocycles. The first kappa shape index (κ1) is 11.3. The number of nitrogens with one attached hydrogen (secondary N) is 1. The molecule has 0 aliphatic heterocycles. The lowest BCUT2D eigenvalue weighted by atomic mass is 10.00. The topological polar surface area (TPSA) is 29.9 Å². The van der Waals surface area contributed by atoms with Crippen LogP contribution in [0.4, 0.5) is 0 Å². The standard InChI is InChI=1S/C14H23N3/c1-11(12-4-2-3-5-12)16-9-14-8-15-10-17(14)13-6-7-13/h8,10-13,16H,2-7,9H2,1H3. The molecule has 3 heteroatoms. The molecule has 1 unspecified atom stereocenters. The second-order valence-electron chi connectivity index (χ2n) is 5.74. The fourth-order valence-electron chi connectivity index (χ4n) is 3.04. The summed E-state index contributed by atoms with van der Waals surface area (Å²) in [7, 11) is 0. The molecule has 0 radical (unpaired) electrons. The first-order valence-corrected chi connectivity index (χ1v) is 7.08. The van der Waals surface area contributed by atoms with Gasteiger partial charge in [-0.15, -0.1) is 0 Å². The zero-order valence-corrected chi connectivity index (χ0v) is 10.7. The minimum absolute atomic E-state index is 0.653. The predicted octanol–water partition coefficient (Wildman–Crippen LogP) is 2.89. The van der Waals surface area contributed by atoms with Crippen molar-refractivity contribution in [2.75, 3.05) is 0 Å². The van der Waals surface area contributed by atoms with Crippen LogP contribution in [0.1, 0.15) is 57.2 Å². The molecule has 2 aliphatic carbocycles. The van der Waals surface area contributed by atoms with Crippen LogP contribution in [-0.4, -0.2) is 15.6 Å². The molecule has 0 spiro atoms. The fourth-order valence-corrected chi connectivity index (χ4v) is 3.04. The molecule has 3 nitrogen and oxygen atoms in total. The van der Waals surface area contributed by atoms with Crippen molar-refractivity contribution in [3.05, 3.63) is 18.2 Å². The molecule has 1 atom stereocenters. The molecular formula is C14H23N3. The van der Waals surface area contributed by atoms with Crippen molar-refractivity contribution < 1.29 is 0 Å². The number of aromatic nitrogens is 2. The monoisotopic (exact) mass is 233 g/mol. The summed E-state index contributed by atoms with van der Waals surface area (Å²) in [6.45, 7) is 3.32. The first-order chi connectivity index (χ1) is 8.34. The van der Waals surface area contributed by atoms with E-state index in [1.807, 2.05) is 12.5 Å². The quantitative estimate of drug-likeness (QED) is 0.847. The van der Waals surface area contributed by atoms with Crippen LogP contribution in [0.25, 0.3) is 0 Å². The largest absolute Gasteiger partial charge is 0.330 e. The van der Waals surface area contributed by atoms with Crippen molar-refractivity contribution >= 4 is 0 Å². The molecule has 2 saturated carbocycles. The van der Waals surface area contributed by atoms with E-state index >= 15 is 0 Å². The molecule has 0 amide bonds. The molecule has 2 aliphatic rings. The van der Waals surface area contributed by atoms with Gasteiger partial charge in [0, 0.05) is 24.8 Å². The average Bonchev–Trinajstić information content (AvgIpc) is 2.87. The molecule has 17 heavy (non-hydrogen) atoms. The van der Waals surface area contributed by atoms with Gasteiger partial charge in [0.25, 0.3) is 0 Å². The highest BCUT2D eigenvalue weighted by atomic mass is 15.1. The van der Waals surface area contributed by atoms with Gasteiger partial charge in [-0.1, -0.05) is 12.8 Å². The second-order valence-corrected chi connectivity index (χ2v) is 5.74. The Labute approximate surface area is 104 Å². The van der Waals surface area contributed by atoms with Gasteiger partial charge in [-0.2, -0.15) is 0 Å². The van der Waals surface area contributed by atoms with Gasteiger partial charge in [-0.25, -0.2) is 4.98 Å². The Balaban J connectivity index is 1.54. The molecule has 0 bridgehead atoms. The number of hydrogen-bond acceptors (Lipinski definition) is 2. The van der Waals surface area contributed by atoms with Crippen molar-refractivity contribution in [3.63, 3.8) is 0 Å². The van der Waals surface area contributed by atoms with Crippen LogP contribution in [0.15, 0.2) is 12.5 Å². The predicted molar refractivity (Wildman–Crippen MR) is 68.8 cm³/mol. The summed E-state index contributed by atoms with van der Waals surface area (Å²) in [6, 6.07) is 1.40. The average molecular weight is 233 g/mol. The lowest BCUT2D eigenvalue weighted by Gasteiger charge is -2.20. The Hall–Kier alpha value is -0.830. The lowest BCUT2D eigenvalue weighted by Crippen LogP contribution is -2.32. The van der Waals surface area contributed by atoms with Gasteiger partial charge in [0.1, 0.15) is 0 Å². The van der Waals surface area contributed by atoms with E-state index in [2.05, 4.69) is 21.8 Å². The molecule has 1 aromatic rings. The van der Waals surface area contributed by atoms with Crippen LogP contribution in [0.5, 0.6) is 0 Å². The Morgan fingerprint density at radius 2 is 2.12 bits per heavy atom. The minimum atomic E-state index is 0.653. The third-order valence-corrected chi connectivity index (χ3v) is 4.40. The molecule has 3 rings (SSSR count). The van der Waals surface area contributed by atoms with Crippen molar-refractivity contribution in [1.82, 2.24) is 14.9 Å². The Morgan fingerprint density at radius 3 is 2.82 bits per heavy atom. The van der Waals surface area contributed by atoms with Crippen molar-refractivity contribution in [1.29, 1.82) is 0 Å². The van der Waals surface area contributed by atoms with Gasteiger partial charge in [0.05, 0.1) is 12.0 Å². The highest BCUT2D eigenvalue weighted by molar-refractivity contribution is 5.03. The number of rotatable bonds is 5. The minimum Gasteiger partial charge on any atom is -0.330 e. The maximum Gasteiger partial charge on any atom is 0.0951 e. The van der Waals surface area contributed by atoms with Gasteiger partial charge in [0.2, 0.25) is 0 Å². The van der Waals surface area contributed by atoms with Crippen LogP contribution in [0, 0.1) is 5.92 Å². The third-order valence-electron chi connectivity index (χ3n) is 4.40. The van der Waals surface area contributed by atoms with Gasteiger partial charge >= 0.3 is 0 Å². The highest BCUT2D eigenvalue weighted by Crippen LogP contribution is 2.35. The van der Waals surface area contributed by atoms with Crippen molar-refractivity contribution in [3.8, 4) is 0 Å². The van der Waals surface area contributed by atoms with E-state index in [0.717, 1.165) is 18.5 Å². The lowest BCUT2D eigenvalue weighted by molar-refractivity contribution is 0.376. The smallest absolute Gasteiger partial charge is 0.0951 e. The van der Waals surface area contributed by atoms with Crippen LogP contribution in [0.3, 0.4) is 0 Å². The number of imidazole rings is 1. The molecule has 94 valence electrons. The Morgan fingerprint density at radius 1 is 1.35 bits per heavy atom. The number of hydrogen-bond donors (Lipinski definition) is 1. The van der Waals surface area contributed by atoms with E-state index in [9.17, 15) is 0 Å². The molecule has 0 aromatic carbocycles. The third kappa shape index (κ3) is 2.54. The summed E-state index contributed by atoms with van der Waals surface area (Å²) in [5, 5.41) is 3.69. The van der Waals surface area contributed by atoms with Gasteiger partial charge in [-0.05, 0) is 38.5 Å². The van der Waals surface area contributed by atoms with Gasteiger partial charge in [-0.3, -0.25) is 0 Å². The Bertz CT molecular complexity index is 361. The molecular weight excluding hydrogens is 210 g/mol. The fraction of sp³-hybridized carbons (Fsp3) is 0.786. The summed E-state index contributed by atoms with van der Waals surface area (Å²) >= 11 is 0. The van der Waals surface area contributed by atoms with Crippen LogP contribution >= 0.6 is 0 Å². The summed E-state index contributed by atoms with van der Waals surface area (Å²) < 4.78 is 2.36. The van der Waals surface area contributed by atoms with Crippen molar-refractivity contribution in [2.24, 2.45) is 5.92 Å². The summed E-state index contributed by atoms with van der Waals surface area (Å²) in [4.78, 5) is 4.28. The zero-order valence-electron chi connectivity index (χ0n) is 10.7. The normalized spacial score (nSPS) is 23.1. The van der Waals surface area contributed by atoms with Crippen LogP contribution in [0.2, 0.25) is 0 Å². The summed E-state index contributed by atoms with van der Waals surface area (Å²) in [6.07, 6.45) is 12.4. The SMILES string of the molecule is CC(NCc1cncn1C1CC1)C1CCCC1. The van der Waals surface area contributed by atoms with Crippen molar-refractivity contribution in [2.45, 2.75) is 64.1 Å². The second kappa shape index (κ2) is 4.81. The maximum absolute atomic E-state index is 4.28. The highest BCUT2D eigenvalue weighted by Gasteiger charge is 2.26. The van der Waals surface area contributed by atoms with E-state index in [1.54, 1.807) is 0 Å². The number of nitrogens with zero attached hydrogens (tertiary/aromatic N) is 2. The van der Waals surface area contributed by atoms with E-state index in [1.165, 1.54) is 44.2 Å². The van der Waals surface area contributed by atoms with E-state index in [0.29, 0.717) is 6.04 Å². The van der Waals surface area contributed by atoms with Crippen LogP contribution in [-0.2, 0) is 6.54 Å². The molecule has 2 fully saturated rings. The maximum atomic E-state index is 4.28. The van der Waals surface area contributed by atoms with Gasteiger partial charge in [0.15, 0.2) is 0 Å². The summed E-state index contributed by atoms with van der Waals surface area (Å²) in [5.41, 5.74) is 1.36. The van der Waals surface area contributed by atoms with E-state index in [-0.39, 0.29) is 0 Å². The molecule has 0 saturated heterocycles. The zero-order chi connectivity index (χ0) is 11.7. The first-order valence-electron chi connectivity index (χ1n) is 7.08. The van der Waals surface area contributed by atoms with E-state index < -0.39 is 0 Å². The molecule has 1 N–H and O–H groups in total. The summed E-state index contributed by atoms with van der Waals surface area (Å²) in [5.74, 6) is 0.896. The van der Waals surface area contributed by atoms with Crippen LogP contribution < -0.4 is 5.32 Å². The Kier molecular flexibility index (Phi) is 3.19. The molecule has 1 aromatic heterocycles. The van der Waals surface area contributed by atoms with Gasteiger partial charge < -0.3 is 9.88 Å². The van der Waals surface area contributed by atoms with E-state index in [4.69, 9.17) is 0 Å².